The molecule has 1 aliphatic rings. The SMILES string of the molecule is C=CC(=O)N(CCCO)C1CCC1. The molecule has 1 N–H and O–H groups in total. The van der Waals surface area contributed by atoms with E-state index in [1.54, 1.807) is 0 Å². The van der Waals surface area contributed by atoms with Crippen molar-refractivity contribution in [2.45, 2.75) is 31.7 Å². The molecule has 0 heterocycles. The van der Waals surface area contributed by atoms with Crippen LogP contribution < -0.4 is 0 Å². The molecule has 0 aliphatic heterocycles. The number of aliphatic hydroxyl groups is 1. The minimum absolute atomic E-state index is 0.00171. The van der Waals surface area contributed by atoms with Crippen LogP contribution in [0.2, 0.25) is 0 Å². The highest BCUT2D eigenvalue weighted by Crippen LogP contribution is 2.24. The van der Waals surface area contributed by atoms with Crippen LogP contribution in [0.5, 0.6) is 0 Å². The average Bonchev–Trinajstić information content (AvgIpc) is 2.07. The molecule has 1 rings (SSSR count). The summed E-state index contributed by atoms with van der Waals surface area (Å²) < 4.78 is 0. The highest BCUT2D eigenvalue weighted by atomic mass is 16.3. The van der Waals surface area contributed by atoms with Gasteiger partial charge in [-0.25, -0.2) is 0 Å². The zero-order chi connectivity index (χ0) is 9.68. The Kier molecular flexibility index (Phi) is 3.96. The van der Waals surface area contributed by atoms with Crippen molar-refractivity contribution in [3.8, 4) is 0 Å². The Hall–Kier alpha value is -0.830. The molecule has 0 bridgehead atoms. The first-order valence-electron chi connectivity index (χ1n) is 4.83. The number of hydrogen-bond acceptors (Lipinski definition) is 2. The third-order valence-electron chi connectivity index (χ3n) is 2.53. The van der Waals surface area contributed by atoms with E-state index >= 15 is 0 Å². The van der Waals surface area contributed by atoms with E-state index in [2.05, 4.69) is 6.58 Å². The Morgan fingerprint density at radius 2 is 2.31 bits per heavy atom. The zero-order valence-corrected chi connectivity index (χ0v) is 7.91. The molecule has 0 unspecified atom stereocenters. The van der Waals surface area contributed by atoms with Crippen LogP contribution in [0.3, 0.4) is 0 Å². The molecule has 74 valence electrons. The molecule has 0 aromatic rings. The molecule has 0 radical (unpaired) electrons. The summed E-state index contributed by atoms with van der Waals surface area (Å²) in [5.74, 6) is -0.00171. The fourth-order valence-electron chi connectivity index (χ4n) is 1.53. The van der Waals surface area contributed by atoms with Crippen molar-refractivity contribution < 1.29 is 9.90 Å². The van der Waals surface area contributed by atoms with Gasteiger partial charge in [-0.05, 0) is 31.8 Å². The van der Waals surface area contributed by atoms with E-state index in [9.17, 15) is 4.79 Å². The molecule has 1 fully saturated rings. The van der Waals surface area contributed by atoms with E-state index in [1.165, 1.54) is 12.5 Å². The van der Waals surface area contributed by atoms with E-state index in [1.807, 2.05) is 4.90 Å². The maximum absolute atomic E-state index is 11.4. The lowest BCUT2D eigenvalue weighted by Gasteiger charge is -2.36. The molecule has 1 saturated carbocycles. The summed E-state index contributed by atoms with van der Waals surface area (Å²) in [5, 5.41) is 8.68. The monoisotopic (exact) mass is 183 g/mol. The van der Waals surface area contributed by atoms with Gasteiger partial charge in [0.25, 0.3) is 0 Å². The number of carbonyl (C=O) groups is 1. The first-order valence-corrected chi connectivity index (χ1v) is 4.83. The van der Waals surface area contributed by atoms with Gasteiger partial charge in [0.05, 0.1) is 0 Å². The molecule has 13 heavy (non-hydrogen) atoms. The predicted octanol–water partition coefficient (Wildman–Crippen LogP) is 0.936. The van der Waals surface area contributed by atoms with Crippen molar-refractivity contribution in [2.24, 2.45) is 0 Å². The van der Waals surface area contributed by atoms with Crippen molar-refractivity contribution in [1.29, 1.82) is 0 Å². The van der Waals surface area contributed by atoms with E-state index in [4.69, 9.17) is 5.11 Å². The largest absolute Gasteiger partial charge is 0.396 e. The Bertz CT molecular complexity index is 187. The van der Waals surface area contributed by atoms with Gasteiger partial charge in [-0.1, -0.05) is 6.58 Å². The first kappa shape index (κ1) is 10.3. The minimum Gasteiger partial charge on any atom is -0.396 e. The smallest absolute Gasteiger partial charge is 0.246 e. The van der Waals surface area contributed by atoms with Gasteiger partial charge >= 0.3 is 0 Å². The second kappa shape index (κ2) is 5.02. The normalized spacial score (nSPS) is 16.4. The number of amides is 1. The third-order valence-corrected chi connectivity index (χ3v) is 2.53. The molecule has 3 nitrogen and oxygen atoms in total. The Morgan fingerprint density at radius 1 is 1.62 bits per heavy atom. The number of rotatable bonds is 5. The van der Waals surface area contributed by atoms with E-state index in [0.717, 1.165) is 12.8 Å². The Labute approximate surface area is 79.0 Å². The highest BCUT2D eigenvalue weighted by molar-refractivity contribution is 5.87. The lowest BCUT2D eigenvalue weighted by molar-refractivity contribution is -0.130. The highest BCUT2D eigenvalue weighted by Gasteiger charge is 2.26. The molecule has 0 atom stereocenters. The summed E-state index contributed by atoms with van der Waals surface area (Å²) in [6.07, 6.45) is 5.44. The van der Waals surface area contributed by atoms with Crippen molar-refractivity contribution in [2.75, 3.05) is 13.2 Å². The van der Waals surface area contributed by atoms with Crippen LogP contribution in [0.1, 0.15) is 25.7 Å². The molecule has 3 heteroatoms. The zero-order valence-electron chi connectivity index (χ0n) is 7.91. The van der Waals surface area contributed by atoms with Crippen molar-refractivity contribution >= 4 is 5.91 Å². The summed E-state index contributed by atoms with van der Waals surface area (Å²) >= 11 is 0. The summed E-state index contributed by atoms with van der Waals surface area (Å²) in [6.45, 7) is 4.28. The maximum Gasteiger partial charge on any atom is 0.246 e. The molecular formula is C10H17NO2. The van der Waals surface area contributed by atoms with Gasteiger partial charge in [0.2, 0.25) is 5.91 Å². The fourth-order valence-corrected chi connectivity index (χ4v) is 1.53. The standard InChI is InChI=1S/C10H17NO2/c1-2-10(13)11(7-4-8-12)9-5-3-6-9/h2,9,12H,1,3-8H2. The van der Waals surface area contributed by atoms with Crippen molar-refractivity contribution in [3.63, 3.8) is 0 Å². The average molecular weight is 183 g/mol. The van der Waals surface area contributed by atoms with Gasteiger partial charge in [-0.3, -0.25) is 4.79 Å². The molecule has 1 amide bonds. The minimum atomic E-state index is -0.00171. The molecule has 0 spiro atoms. The Morgan fingerprint density at radius 3 is 2.69 bits per heavy atom. The van der Waals surface area contributed by atoms with Gasteiger partial charge in [-0.15, -0.1) is 0 Å². The lowest BCUT2D eigenvalue weighted by atomic mass is 9.91. The van der Waals surface area contributed by atoms with Crippen LogP contribution in [0, 0.1) is 0 Å². The lowest BCUT2D eigenvalue weighted by Crippen LogP contribution is -2.44. The van der Waals surface area contributed by atoms with E-state index in [-0.39, 0.29) is 12.5 Å². The summed E-state index contributed by atoms with van der Waals surface area (Å²) in [5.41, 5.74) is 0. The molecule has 0 saturated heterocycles. The van der Waals surface area contributed by atoms with Crippen LogP contribution in [0.25, 0.3) is 0 Å². The molecule has 0 aromatic carbocycles. The quantitative estimate of drug-likeness (QED) is 0.644. The second-order valence-corrected chi connectivity index (χ2v) is 3.40. The van der Waals surface area contributed by atoms with Crippen molar-refractivity contribution in [3.05, 3.63) is 12.7 Å². The summed E-state index contributed by atoms with van der Waals surface area (Å²) in [7, 11) is 0. The van der Waals surface area contributed by atoms with Gasteiger partial charge < -0.3 is 10.0 Å². The Balaban J connectivity index is 2.42. The van der Waals surface area contributed by atoms with Crippen LogP contribution in [0.4, 0.5) is 0 Å². The fraction of sp³-hybridized carbons (Fsp3) is 0.700. The topological polar surface area (TPSA) is 40.5 Å². The van der Waals surface area contributed by atoms with Gasteiger partial charge in [0.1, 0.15) is 0 Å². The van der Waals surface area contributed by atoms with Crippen LogP contribution in [0.15, 0.2) is 12.7 Å². The van der Waals surface area contributed by atoms with E-state index < -0.39 is 0 Å². The van der Waals surface area contributed by atoms with Crippen LogP contribution in [-0.2, 0) is 4.79 Å². The number of hydrogen-bond donors (Lipinski definition) is 1. The molecule has 0 aromatic heterocycles. The summed E-state index contributed by atoms with van der Waals surface area (Å²) in [6, 6.07) is 0.400. The first-order chi connectivity index (χ1) is 6.29. The van der Waals surface area contributed by atoms with Gasteiger partial charge in [-0.2, -0.15) is 0 Å². The number of carbonyl (C=O) groups excluding carboxylic acids is 1. The predicted molar refractivity (Wildman–Crippen MR) is 51.3 cm³/mol. The van der Waals surface area contributed by atoms with Crippen molar-refractivity contribution in [1.82, 2.24) is 4.90 Å². The maximum atomic E-state index is 11.4. The second-order valence-electron chi connectivity index (χ2n) is 3.40. The third kappa shape index (κ3) is 2.56. The van der Waals surface area contributed by atoms with Crippen LogP contribution >= 0.6 is 0 Å². The van der Waals surface area contributed by atoms with Gasteiger partial charge in [0, 0.05) is 19.2 Å². The van der Waals surface area contributed by atoms with Gasteiger partial charge in [0.15, 0.2) is 0 Å². The number of aliphatic hydroxyl groups excluding tert-OH is 1. The van der Waals surface area contributed by atoms with E-state index in [0.29, 0.717) is 19.0 Å². The summed E-state index contributed by atoms with van der Waals surface area (Å²) in [4.78, 5) is 13.2. The molecular weight excluding hydrogens is 166 g/mol. The van der Waals surface area contributed by atoms with Crippen LogP contribution in [-0.4, -0.2) is 35.1 Å². The number of nitrogens with zero attached hydrogens (tertiary/aromatic N) is 1. The molecule has 1 aliphatic carbocycles.